The van der Waals surface area contributed by atoms with Crippen molar-refractivity contribution in [2.75, 3.05) is 6.54 Å². The summed E-state index contributed by atoms with van der Waals surface area (Å²) in [6.45, 7) is 3.01. The number of halogens is 1. The number of benzene rings is 2. The number of carboxylic acids is 1. The number of aromatic nitrogens is 2. The maximum Gasteiger partial charge on any atom is 0.304 e. The van der Waals surface area contributed by atoms with E-state index >= 15 is 0 Å². The fraction of sp³-hybridized carbons (Fsp3) is 0.280. The Labute approximate surface area is 197 Å². The van der Waals surface area contributed by atoms with E-state index in [0.29, 0.717) is 37.0 Å². The quantitative estimate of drug-likeness (QED) is 0.557. The first-order valence-electron chi connectivity index (χ1n) is 10.7. The molecule has 0 spiro atoms. The first kappa shape index (κ1) is 22.7. The highest BCUT2D eigenvalue weighted by atomic mass is 35.5. The Balaban J connectivity index is 1.39. The van der Waals surface area contributed by atoms with Crippen molar-refractivity contribution in [1.29, 1.82) is 0 Å². The zero-order valence-corrected chi connectivity index (χ0v) is 19.0. The van der Waals surface area contributed by atoms with Crippen molar-refractivity contribution in [2.45, 2.75) is 32.9 Å². The summed E-state index contributed by atoms with van der Waals surface area (Å²) in [5.74, 6) is -0.304. The van der Waals surface area contributed by atoms with Crippen molar-refractivity contribution in [3.8, 4) is 17.1 Å². The molecule has 0 fully saturated rings. The van der Waals surface area contributed by atoms with Crippen LogP contribution in [0.3, 0.4) is 0 Å². The molecule has 8 heteroatoms. The number of amides is 1. The van der Waals surface area contributed by atoms with E-state index in [2.05, 4.69) is 4.98 Å². The van der Waals surface area contributed by atoms with Crippen LogP contribution in [0.4, 0.5) is 0 Å². The Morgan fingerprint density at radius 2 is 1.88 bits per heavy atom. The van der Waals surface area contributed by atoms with Gasteiger partial charge in [0.25, 0.3) is 0 Å². The molecule has 0 bridgehead atoms. The lowest BCUT2D eigenvalue weighted by Crippen LogP contribution is -2.40. The van der Waals surface area contributed by atoms with Gasteiger partial charge in [-0.3, -0.25) is 9.59 Å². The molecule has 2 heterocycles. The Morgan fingerprint density at radius 1 is 1.15 bits per heavy atom. The van der Waals surface area contributed by atoms with E-state index < -0.39 is 11.9 Å². The van der Waals surface area contributed by atoms with Gasteiger partial charge < -0.3 is 14.7 Å². The SMILES string of the molecule is C[C@H](CC(=O)O)C(=O)N1CCc2nc(-c3ccc(OCc4ccc(Cl)cc4)cc3)ncc2C1. The lowest BCUT2D eigenvalue weighted by atomic mass is 10.0. The fourth-order valence-electron chi connectivity index (χ4n) is 3.75. The number of fused-ring (bicyclic) bond motifs is 1. The van der Waals surface area contributed by atoms with E-state index in [-0.39, 0.29) is 12.3 Å². The van der Waals surface area contributed by atoms with Crippen LogP contribution in [0.2, 0.25) is 5.02 Å². The van der Waals surface area contributed by atoms with Gasteiger partial charge in [0.05, 0.1) is 12.1 Å². The second kappa shape index (κ2) is 10.0. The Hall–Kier alpha value is -3.45. The lowest BCUT2D eigenvalue weighted by Gasteiger charge is -2.30. The maximum absolute atomic E-state index is 12.5. The van der Waals surface area contributed by atoms with E-state index in [1.165, 1.54) is 0 Å². The molecule has 1 atom stereocenters. The second-order valence-corrected chi connectivity index (χ2v) is 8.55. The number of carboxylic acid groups (broad SMARTS) is 1. The molecule has 0 saturated heterocycles. The van der Waals surface area contributed by atoms with E-state index in [4.69, 9.17) is 26.4 Å². The van der Waals surface area contributed by atoms with Crippen LogP contribution in [-0.4, -0.2) is 38.4 Å². The first-order chi connectivity index (χ1) is 15.9. The van der Waals surface area contributed by atoms with Gasteiger partial charge in [0, 0.05) is 47.8 Å². The normalized spacial score (nSPS) is 13.8. The molecule has 0 saturated carbocycles. The van der Waals surface area contributed by atoms with Crippen molar-refractivity contribution in [3.05, 3.63) is 76.6 Å². The highest BCUT2D eigenvalue weighted by Gasteiger charge is 2.27. The van der Waals surface area contributed by atoms with Gasteiger partial charge in [-0.25, -0.2) is 9.97 Å². The van der Waals surface area contributed by atoms with E-state index in [1.54, 1.807) is 18.0 Å². The molecular formula is C25H24ClN3O4. The molecule has 33 heavy (non-hydrogen) atoms. The maximum atomic E-state index is 12.5. The number of aliphatic carboxylic acids is 1. The summed E-state index contributed by atoms with van der Waals surface area (Å²) < 4.78 is 5.83. The van der Waals surface area contributed by atoms with Crippen molar-refractivity contribution >= 4 is 23.5 Å². The Morgan fingerprint density at radius 3 is 2.58 bits per heavy atom. The molecule has 3 aromatic rings. The molecule has 2 aromatic carbocycles. The molecule has 7 nitrogen and oxygen atoms in total. The monoisotopic (exact) mass is 465 g/mol. The topological polar surface area (TPSA) is 92.6 Å². The molecular weight excluding hydrogens is 442 g/mol. The molecule has 4 rings (SSSR count). The third kappa shape index (κ3) is 5.68. The van der Waals surface area contributed by atoms with Gasteiger partial charge in [0.15, 0.2) is 5.82 Å². The minimum absolute atomic E-state index is 0.152. The van der Waals surface area contributed by atoms with Crippen LogP contribution < -0.4 is 4.74 Å². The average molecular weight is 466 g/mol. The summed E-state index contributed by atoms with van der Waals surface area (Å²) in [5.41, 5.74) is 3.72. The molecule has 1 amide bonds. The summed E-state index contributed by atoms with van der Waals surface area (Å²) in [4.78, 5) is 34.3. The third-order valence-electron chi connectivity index (χ3n) is 5.58. The summed E-state index contributed by atoms with van der Waals surface area (Å²) in [6, 6.07) is 15.1. The van der Waals surface area contributed by atoms with Crippen LogP contribution in [0, 0.1) is 5.92 Å². The van der Waals surface area contributed by atoms with Gasteiger partial charge in [-0.1, -0.05) is 30.7 Å². The fourth-order valence-corrected chi connectivity index (χ4v) is 3.88. The average Bonchev–Trinajstić information content (AvgIpc) is 2.82. The van der Waals surface area contributed by atoms with Crippen molar-refractivity contribution in [1.82, 2.24) is 14.9 Å². The molecule has 0 radical (unpaired) electrons. The number of hydrogen-bond acceptors (Lipinski definition) is 5. The van der Waals surface area contributed by atoms with Crippen LogP contribution in [0.5, 0.6) is 5.75 Å². The highest BCUT2D eigenvalue weighted by Crippen LogP contribution is 2.24. The molecule has 0 unspecified atom stereocenters. The van der Waals surface area contributed by atoms with Crippen LogP contribution in [0.15, 0.2) is 54.7 Å². The number of ether oxygens (including phenoxy) is 1. The molecule has 1 aliphatic heterocycles. The third-order valence-corrected chi connectivity index (χ3v) is 5.83. The number of carbonyl (C=O) groups is 2. The smallest absolute Gasteiger partial charge is 0.304 e. The molecule has 170 valence electrons. The van der Waals surface area contributed by atoms with Gasteiger partial charge in [0.2, 0.25) is 5.91 Å². The molecule has 0 aliphatic carbocycles. The summed E-state index contributed by atoms with van der Waals surface area (Å²) in [5, 5.41) is 9.63. The molecule has 1 N–H and O–H groups in total. The Bertz CT molecular complexity index is 1150. The molecule has 1 aromatic heterocycles. The molecule has 1 aliphatic rings. The van der Waals surface area contributed by atoms with Gasteiger partial charge >= 0.3 is 5.97 Å². The van der Waals surface area contributed by atoms with E-state index in [9.17, 15) is 9.59 Å². The first-order valence-corrected chi connectivity index (χ1v) is 11.1. The predicted octanol–water partition coefficient (Wildman–Crippen LogP) is 4.37. The lowest BCUT2D eigenvalue weighted by molar-refractivity contribution is -0.144. The van der Waals surface area contributed by atoms with Crippen molar-refractivity contribution in [3.63, 3.8) is 0 Å². The van der Waals surface area contributed by atoms with Gasteiger partial charge in [-0.05, 0) is 42.0 Å². The van der Waals surface area contributed by atoms with Crippen LogP contribution in [0.25, 0.3) is 11.4 Å². The zero-order valence-electron chi connectivity index (χ0n) is 18.2. The summed E-state index contributed by atoms with van der Waals surface area (Å²) >= 11 is 5.91. The number of hydrogen-bond donors (Lipinski definition) is 1. The van der Waals surface area contributed by atoms with Crippen LogP contribution >= 0.6 is 11.6 Å². The predicted molar refractivity (Wildman–Crippen MR) is 124 cm³/mol. The minimum Gasteiger partial charge on any atom is -0.489 e. The van der Waals surface area contributed by atoms with Crippen molar-refractivity contribution < 1.29 is 19.4 Å². The number of nitrogens with zero attached hydrogens (tertiary/aromatic N) is 3. The standard InChI is InChI=1S/C25H24ClN3O4/c1-16(12-23(30)31)25(32)29-11-10-22-19(14-29)13-27-24(28-22)18-4-8-21(9-5-18)33-15-17-2-6-20(26)7-3-17/h2-9,13,16H,10-12,14-15H2,1H3,(H,30,31)/t16-/m1/s1. The van der Waals surface area contributed by atoms with Gasteiger partial charge in [-0.2, -0.15) is 0 Å². The van der Waals surface area contributed by atoms with Gasteiger partial charge in [-0.15, -0.1) is 0 Å². The van der Waals surface area contributed by atoms with E-state index in [0.717, 1.165) is 28.1 Å². The van der Waals surface area contributed by atoms with Crippen LogP contribution in [0.1, 0.15) is 30.2 Å². The van der Waals surface area contributed by atoms with E-state index in [1.807, 2.05) is 48.5 Å². The number of rotatable bonds is 7. The zero-order chi connectivity index (χ0) is 23.4. The van der Waals surface area contributed by atoms with Crippen molar-refractivity contribution in [2.24, 2.45) is 5.92 Å². The van der Waals surface area contributed by atoms with Gasteiger partial charge in [0.1, 0.15) is 12.4 Å². The highest BCUT2D eigenvalue weighted by molar-refractivity contribution is 6.30. The van der Waals surface area contributed by atoms with Crippen LogP contribution in [-0.2, 0) is 29.2 Å². The second-order valence-electron chi connectivity index (χ2n) is 8.11. The summed E-state index contributed by atoms with van der Waals surface area (Å²) in [7, 11) is 0. The number of carbonyl (C=O) groups excluding carboxylic acids is 1. The summed E-state index contributed by atoms with van der Waals surface area (Å²) in [6.07, 6.45) is 2.19. The largest absolute Gasteiger partial charge is 0.489 e. The minimum atomic E-state index is -0.970. The Kier molecular flexibility index (Phi) is 6.89.